The molecular weight excluding hydrogens is 270 g/mol. The van der Waals surface area contributed by atoms with Crippen molar-refractivity contribution >= 4 is 34.5 Å². The fraction of sp³-hybridized carbons (Fsp3) is 0.250. The highest BCUT2D eigenvalue weighted by atomic mass is 35.5. The molecule has 0 aromatic carbocycles. The normalized spacial score (nSPS) is 10.3. The van der Waals surface area contributed by atoms with Crippen molar-refractivity contribution in [2.75, 3.05) is 5.32 Å². The van der Waals surface area contributed by atoms with Gasteiger partial charge in [0.05, 0.1) is 18.0 Å². The van der Waals surface area contributed by atoms with Gasteiger partial charge < -0.3 is 5.32 Å². The molecule has 0 aliphatic carbocycles. The molecule has 0 saturated carbocycles. The first kappa shape index (κ1) is 13.0. The highest BCUT2D eigenvalue weighted by molar-refractivity contribution is 7.09. The molecule has 0 radical (unpaired) electrons. The maximum absolute atomic E-state index is 11.8. The molecule has 0 saturated heterocycles. The second kappa shape index (κ2) is 5.93. The van der Waals surface area contributed by atoms with Crippen molar-refractivity contribution in [3.63, 3.8) is 0 Å². The minimum Gasteiger partial charge on any atom is -0.326 e. The Morgan fingerprint density at radius 3 is 3.06 bits per heavy atom. The zero-order chi connectivity index (χ0) is 13.0. The van der Waals surface area contributed by atoms with Crippen LogP contribution in [0.1, 0.15) is 16.4 Å². The van der Waals surface area contributed by atoms with E-state index in [9.17, 15) is 4.79 Å². The van der Waals surface area contributed by atoms with E-state index in [1.54, 1.807) is 12.3 Å². The van der Waals surface area contributed by atoms with Gasteiger partial charge in [0.1, 0.15) is 5.01 Å². The third-order valence-electron chi connectivity index (χ3n) is 2.23. The van der Waals surface area contributed by atoms with Crippen molar-refractivity contribution in [3.8, 4) is 0 Å². The molecule has 0 unspecified atom stereocenters. The zero-order valence-electron chi connectivity index (χ0n) is 9.81. The van der Waals surface area contributed by atoms with Crippen LogP contribution in [-0.2, 0) is 17.1 Å². The topological polar surface area (TPSA) is 54.9 Å². The molecule has 0 aliphatic rings. The van der Waals surface area contributed by atoms with Gasteiger partial charge in [0.2, 0.25) is 5.91 Å². The summed E-state index contributed by atoms with van der Waals surface area (Å²) in [5.41, 5.74) is 2.43. The molecule has 94 valence electrons. The standard InChI is InChI=1S/C12H12ClN3OS/c1-8-4-9(2-3-14-8)15-11(17)5-12-16-10(6-13)7-18-12/h2-4,7H,5-6H2,1H3,(H,14,15,17). The van der Waals surface area contributed by atoms with Gasteiger partial charge in [0.25, 0.3) is 0 Å². The number of thiazole rings is 1. The van der Waals surface area contributed by atoms with Crippen molar-refractivity contribution in [3.05, 3.63) is 40.1 Å². The number of nitrogens with zero attached hydrogens (tertiary/aromatic N) is 2. The zero-order valence-corrected chi connectivity index (χ0v) is 11.4. The lowest BCUT2D eigenvalue weighted by atomic mass is 10.3. The Morgan fingerprint density at radius 1 is 1.56 bits per heavy atom. The van der Waals surface area contributed by atoms with Crippen molar-refractivity contribution in [2.45, 2.75) is 19.2 Å². The van der Waals surface area contributed by atoms with E-state index in [2.05, 4.69) is 15.3 Å². The highest BCUT2D eigenvalue weighted by Crippen LogP contribution is 2.13. The Labute approximate surface area is 114 Å². The van der Waals surface area contributed by atoms with Crippen LogP contribution in [0.15, 0.2) is 23.7 Å². The number of amides is 1. The molecule has 0 atom stereocenters. The maximum Gasteiger partial charge on any atom is 0.231 e. The van der Waals surface area contributed by atoms with Crippen LogP contribution in [-0.4, -0.2) is 15.9 Å². The molecule has 2 heterocycles. The third-order valence-corrected chi connectivity index (χ3v) is 3.40. The number of hydrogen-bond acceptors (Lipinski definition) is 4. The SMILES string of the molecule is Cc1cc(NC(=O)Cc2nc(CCl)cs2)ccn1. The highest BCUT2D eigenvalue weighted by Gasteiger charge is 2.08. The predicted octanol–water partition coefficient (Wildman–Crippen LogP) is 2.77. The number of hydrogen-bond donors (Lipinski definition) is 1. The maximum atomic E-state index is 11.8. The molecule has 1 N–H and O–H groups in total. The van der Waals surface area contributed by atoms with Crippen LogP contribution in [0.5, 0.6) is 0 Å². The Balaban J connectivity index is 1.96. The van der Waals surface area contributed by atoms with Gasteiger partial charge in [-0.25, -0.2) is 4.98 Å². The quantitative estimate of drug-likeness (QED) is 0.877. The molecular formula is C12H12ClN3OS. The Kier molecular flexibility index (Phi) is 4.28. The average Bonchev–Trinajstić information content (AvgIpc) is 2.76. The summed E-state index contributed by atoms with van der Waals surface area (Å²) in [6.07, 6.45) is 1.93. The molecule has 0 fully saturated rings. The lowest BCUT2D eigenvalue weighted by molar-refractivity contribution is -0.115. The molecule has 18 heavy (non-hydrogen) atoms. The fourth-order valence-electron chi connectivity index (χ4n) is 1.46. The first-order chi connectivity index (χ1) is 8.67. The van der Waals surface area contributed by atoms with Crippen molar-refractivity contribution in [1.82, 2.24) is 9.97 Å². The molecule has 0 spiro atoms. The van der Waals surface area contributed by atoms with Gasteiger partial charge >= 0.3 is 0 Å². The van der Waals surface area contributed by atoms with Gasteiger partial charge in [0.15, 0.2) is 0 Å². The van der Waals surface area contributed by atoms with E-state index < -0.39 is 0 Å². The summed E-state index contributed by atoms with van der Waals surface area (Å²) in [5.74, 6) is 0.290. The van der Waals surface area contributed by atoms with Crippen molar-refractivity contribution in [2.24, 2.45) is 0 Å². The van der Waals surface area contributed by atoms with Crippen molar-refractivity contribution < 1.29 is 4.79 Å². The van der Waals surface area contributed by atoms with Crippen LogP contribution in [0.2, 0.25) is 0 Å². The summed E-state index contributed by atoms with van der Waals surface area (Å²) in [7, 11) is 0. The Morgan fingerprint density at radius 2 is 2.39 bits per heavy atom. The minimum atomic E-state index is -0.0870. The van der Waals surface area contributed by atoms with Crippen LogP contribution in [0.4, 0.5) is 5.69 Å². The van der Waals surface area contributed by atoms with Gasteiger partial charge in [-0.2, -0.15) is 0 Å². The number of halogens is 1. The number of pyridine rings is 1. The second-order valence-corrected chi connectivity index (χ2v) is 4.99. The van der Waals surface area contributed by atoms with Crippen LogP contribution < -0.4 is 5.32 Å². The summed E-state index contributed by atoms with van der Waals surface area (Å²) < 4.78 is 0. The molecule has 4 nitrogen and oxygen atoms in total. The first-order valence-corrected chi connectivity index (χ1v) is 6.80. The molecule has 2 rings (SSSR count). The number of aromatic nitrogens is 2. The van der Waals surface area contributed by atoms with Crippen LogP contribution >= 0.6 is 22.9 Å². The van der Waals surface area contributed by atoms with Crippen LogP contribution in [0.3, 0.4) is 0 Å². The minimum absolute atomic E-state index is 0.0870. The van der Waals surface area contributed by atoms with E-state index >= 15 is 0 Å². The molecule has 6 heteroatoms. The number of aryl methyl sites for hydroxylation is 1. The molecule has 0 aliphatic heterocycles. The van der Waals surface area contributed by atoms with Crippen LogP contribution in [0.25, 0.3) is 0 Å². The average molecular weight is 282 g/mol. The molecule has 2 aromatic heterocycles. The van der Waals surface area contributed by atoms with Gasteiger partial charge in [-0.05, 0) is 19.1 Å². The lowest BCUT2D eigenvalue weighted by Gasteiger charge is -2.04. The fourth-order valence-corrected chi connectivity index (χ4v) is 2.48. The Hall–Kier alpha value is -1.46. The molecule has 1 amide bonds. The summed E-state index contributed by atoms with van der Waals surface area (Å²) >= 11 is 7.11. The molecule has 0 bridgehead atoms. The van der Waals surface area contributed by atoms with Gasteiger partial charge in [-0.1, -0.05) is 0 Å². The summed E-state index contributed by atoms with van der Waals surface area (Å²) in [4.78, 5) is 20.1. The number of carbonyl (C=O) groups excluding carboxylic acids is 1. The van der Waals surface area contributed by atoms with E-state index in [4.69, 9.17) is 11.6 Å². The van der Waals surface area contributed by atoms with Gasteiger partial charge in [-0.15, -0.1) is 22.9 Å². The summed E-state index contributed by atoms with van der Waals surface area (Å²) in [6, 6.07) is 3.58. The van der Waals surface area contributed by atoms with Crippen LogP contribution in [0, 0.1) is 6.92 Å². The lowest BCUT2D eigenvalue weighted by Crippen LogP contribution is -2.14. The van der Waals surface area contributed by atoms with E-state index in [0.29, 0.717) is 5.88 Å². The Bertz CT molecular complexity index is 556. The summed E-state index contributed by atoms with van der Waals surface area (Å²) in [6.45, 7) is 1.88. The van der Waals surface area contributed by atoms with E-state index in [0.717, 1.165) is 22.1 Å². The van der Waals surface area contributed by atoms with Gasteiger partial charge in [-0.3, -0.25) is 9.78 Å². The number of anilines is 1. The first-order valence-electron chi connectivity index (χ1n) is 5.39. The largest absolute Gasteiger partial charge is 0.326 e. The molecule has 2 aromatic rings. The monoisotopic (exact) mass is 281 g/mol. The number of carbonyl (C=O) groups is 1. The second-order valence-electron chi connectivity index (χ2n) is 3.78. The smallest absolute Gasteiger partial charge is 0.231 e. The summed E-state index contributed by atoms with van der Waals surface area (Å²) in [5, 5.41) is 5.45. The number of rotatable bonds is 4. The predicted molar refractivity (Wildman–Crippen MR) is 73.0 cm³/mol. The van der Waals surface area contributed by atoms with E-state index in [1.165, 1.54) is 11.3 Å². The number of alkyl halides is 1. The van der Waals surface area contributed by atoms with Crippen molar-refractivity contribution in [1.29, 1.82) is 0 Å². The number of nitrogens with one attached hydrogen (secondary N) is 1. The van der Waals surface area contributed by atoms with E-state index in [-0.39, 0.29) is 12.3 Å². The third kappa shape index (κ3) is 3.51. The van der Waals surface area contributed by atoms with Gasteiger partial charge in [0, 0.05) is 23.0 Å². The van der Waals surface area contributed by atoms with E-state index in [1.807, 2.05) is 18.4 Å².